The SMILES string of the molecule is O=S(=O)(Nc1ccnc2[nH]cc(-c3cccc(N4CCCC4)c3)c12)C1CC1. The van der Waals surface area contributed by atoms with Crippen molar-refractivity contribution in [3.05, 3.63) is 42.7 Å². The number of rotatable bonds is 5. The summed E-state index contributed by atoms with van der Waals surface area (Å²) in [7, 11) is -3.33. The zero-order valence-electron chi connectivity index (χ0n) is 15.0. The van der Waals surface area contributed by atoms with Crippen LogP contribution in [0.5, 0.6) is 0 Å². The van der Waals surface area contributed by atoms with E-state index < -0.39 is 10.0 Å². The van der Waals surface area contributed by atoms with Crippen LogP contribution in [0.3, 0.4) is 0 Å². The van der Waals surface area contributed by atoms with Crippen LogP contribution in [0.1, 0.15) is 25.7 Å². The van der Waals surface area contributed by atoms with Crippen molar-refractivity contribution < 1.29 is 8.42 Å². The number of sulfonamides is 1. The predicted molar refractivity (Wildman–Crippen MR) is 109 cm³/mol. The second kappa shape index (κ2) is 6.27. The van der Waals surface area contributed by atoms with Crippen LogP contribution >= 0.6 is 0 Å². The zero-order valence-corrected chi connectivity index (χ0v) is 15.8. The Balaban J connectivity index is 1.59. The molecule has 1 aliphatic heterocycles. The minimum Gasteiger partial charge on any atom is -0.372 e. The van der Waals surface area contributed by atoms with Crippen LogP contribution in [0, 0.1) is 0 Å². The minimum atomic E-state index is -3.33. The number of hydrogen-bond acceptors (Lipinski definition) is 4. The van der Waals surface area contributed by atoms with Crippen LogP contribution in [-0.2, 0) is 10.0 Å². The van der Waals surface area contributed by atoms with E-state index in [0.29, 0.717) is 11.3 Å². The van der Waals surface area contributed by atoms with E-state index in [2.05, 4.69) is 43.9 Å². The van der Waals surface area contributed by atoms with E-state index >= 15 is 0 Å². The molecule has 0 spiro atoms. The van der Waals surface area contributed by atoms with Crippen LogP contribution in [0.15, 0.2) is 42.7 Å². The Kier molecular flexibility index (Phi) is 3.86. The van der Waals surface area contributed by atoms with Crippen LogP contribution in [-0.4, -0.2) is 36.7 Å². The molecule has 0 atom stereocenters. The molecule has 5 rings (SSSR count). The van der Waals surface area contributed by atoms with Gasteiger partial charge in [0, 0.05) is 36.7 Å². The lowest BCUT2D eigenvalue weighted by Gasteiger charge is -2.18. The fraction of sp³-hybridized carbons (Fsp3) is 0.350. The number of H-pyrrole nitrogens is 1. The molecule has 0 radical (unpaired) electrons. The summed E-state index contributed by atoms with van der Waals surface area (Å²) in [4.78, 5) is 9.96. The van der Waals surface area contributed by atoms with Crippen molar-refractivity contribution in [3.8, 4) is 11.1 Å². The van der Waals surface area contributed by atoms with Gasteiger partial charge in [-0.25, -0.2) is 13.4 Å². The quantitative estimate of drug-likeness (QED) is 0.705. The second-order valence-corrected chi connectivity index (χ2v) is 9.34. The summed E-state index contributed by atoms with van der Waals surface area (Å²) in [5.41, 5.74) is 4.52. The van der Waals surface area contributed by atoms with E-state index in [1.807, 2.05) is 6.20 Å². The standard InChI is InChI=1S/C20H22N4O2S/c25-27(26,16-6-7-16)23-18-8-9-21-20-19(18)17(13-22-20)14-4-3-5-15(12-14)24-10-1-2-11-24/h3-5,8-9,12-13,16H,1-2,6-7,10-11H2,(H2,21,22,23). The average molecular weight is 382 g/mol. The summed E-state index contributed by atoms with van der Waals surface area (Å²) in [5, 5.41) is 0.557. The van der Waals surface area contributed by atoms with Crippen molar-refractivity contribution in [2.75, 3.05) is 22.7 Å². The van der Waals surface area contributed by atoms with Crippen molar-refractivity contribution >= 4 is 32.4 Å². The number of benzene rings is 1. The maximum atomic E-state index is 12.5. The Bertz CT molecular complexity index is 1100. The minimum absolute atomic E-state index is 0.262. The fourth-order valence-electron chi connectivity index (χ4n) is 3.83. The fourth-order valence-corrected chi connectivity index (χ4v) is 5.23. The highest BCUT2D eigenvalue weighted by Crippen LogP contribution is 2.37. The van der Waals surface area contributed by atoms with E-state index in [-0.39, 0.29) is 5.25 Å². The number of pyridine rings is 1. The third-order valence-corrected chi connectivity index (χ3v) is 7.27. The number of fused-ring (bicyclic) bond motifs is 1. The lowest BCUT2D eigenvalue weighted by Crippen LogP contribution is -2.17. The first kappa shape index (κ1) is 16.6. The molecule has 0 amide bonds. The molecule has 2 aliphatic rings. The molecule has 3 aromatic rings. The highest BCUT2D eigenvalue weighted by Gasteiger charge is 2.36. The van der Waals surface area contributed by atoms with Crippen molar-refractivity contribution in [1.82, 2.24) is 9.97 Å². The average Bonchev–Trinajstić information content (AvgIpc) is 3.23. The number of aromatic nitrogens is 2. The van der Waals surface area contributed by atoms with Crippen LogP contribution in [0.25, 0.3) is 22.2 Å². The van der Waals surface area contributed by atoms with Crippen LogP contribution in [0.2, 0.25) is 0 Å². The van der Waals surface area contributed by atoms with Gasteiger partial charge in [-0.1, -0.05) is 12.1 Å². The highest BCUT2D eigenvalue weighted by molar-refractivity contribution is 7.93. The highest BCUT2D eigenvalue weighted by atomic mass is 32.2. The van der Waals surface area contributed by atoms with Gasteiger partial charge < -0.3 is 9.88 Å². The van der Waals surface area contributed by atoms with Gasteiger partial charge in [-0.05, 0) is 49.4 Å². The van der Waals surface area contributed by atoms with E-state index in [9.17, 15) is 8.42 Å². The third-order valence-electron chi connectivity index (χ3n) is 5.42. The number of nitrogens with one attached hydrogen (secondary N) is 2. The van der Waals surface area contributed by atoms with Crippen molar-refractivity contribution in [2.24, 2.45) is 0 Å². The summed E-state index contributed by atoms with van der Waals surface area (Å²) in [6.45, 7) is 2.18. The molecule has 27 heavy (non-hydrogen) atoms. The lowest BCUT2D eigenvalue weighted by molar-refractivity contribution is 0.600. The summed E-state index contributed by atoms with van der Waals surface area (Å²) in [6, 6.07) is 10.2. The Labute approximate surface area is 158 Å². The van der Waals surface area contributed by atoms with Crippen molar-refractivity contribution in [2.45, 2.75) is 30.9 Å². The smallest absolute Gasteiger partial charge is 0.235 e. The molecule has 3 heterocycles. The van der Waals surface area contributed by atoms with Crippen molar-refractivity contribution in [1.29, 1.82) is 0 Å². The topological polar surface area (TPSA) is 78.1 Å². The van der Waals surface area contributed by atoms with Gasteiger partial charge in [0.1, 0.15) is 5.65 Å². The van der Waals surface area contributed by atoms with Gasteiger partial charge in [0.2, 0.25) is 10.0 Å². The molecule has 6 nitrogen and oxygen atoms in total. The molecule has 1 saturated heterocycles. The summed E-state index contributed by atoms with van der Waals surface area (Å²) < 4.78 is 27.7. The van der Waals surface area contributed by atoms with Gasteiger partial charge in [0.05, 0.1) is 16.3 Å². The molecule has 7 heteroatoms. The first-order chi connectivity index (χ1) is 13.1. The van der Waals surface area contributed by atoms with E-state index in [4.69, 9.17) is 0 Å². The molecule has 2 N–H and O–H groups in total. The molecular formula is C20H22N4O2S. The molecule has 2 fully saturated rings. The molecular weight excluding hydrogens is 360 g/mol. The molecule has 0 unspecified atom stereocenters. The molecule has 140 valence electrons. The lowest BCUT2D eigenvalue weighted by atomic mass is 10.0. The summed E-state index contributed by atoms with van der Waals surface area (Å²) >= 11 is 0. The maximum Gasteiger partial charge on any atom is 0.235 e. The number of anilines is 2. The molecule has 1 aliphatic carbocycles. The molecule has 1 saturated carbocycles. The number of aromatic amines is 1. The van der Waals surface area contributed by atoms with E-state index in [1.54, 1.807) is 12.3 Å². The summed E-state index contributed by atoms with van der Waals surface area (Å²) in [6.07, 6.45) is 7.48. The molecule has 0 bridgehead atoms. The normalized spacial score (nSPS) is 17.6. The second-order valence-electron chi connectivity index (χ2n) is 7.38. The Hall–Kier alpha value is -2.54. The summed E-state index contributed by atoms with van der Waals surface area (Å²) in [5.74, 6) is 0. The van der Waals surface area contributed by atoms with Crippen molar-refractivity contribution in [3.63, 3.8) is 0 Å². The van der Waals surface area contributed by atoms with Crippen LogP contribution in [0.4, 0.5) is 11.4 Å². The largest absolute Gasteiger partial charge is 0.372 e. The van der Waals surface area contributed by atoms with Gasteiger partial charge in [-0.15, -0.1) is 0 Å². The predicted octanol–water partition coefficient (Wildman–Crippen LogP) is 3.73. The Morgan fingerprint density at radius 3 is 2.74 bits per heavy atom. The van der Waals surface area contributed by atoms with Gasteiger partial charge in [0.25, 0.3) is 0 Å². The first-order valence-corrected chi connectivity index (χ1v) is 11.0. The van der Waals surface area contributed by atoms with E-state index in [1.165, 1.54) is 18.5 Å². The Morgan fingerprint density at radius 2 is 1.96 bits per heavy atom. The van der Waals surface area contributed by atoms with Gasteiger partial charge in [-0.2, -0.15) is 0 Å². The molecule has 1 aromatic carbocycles. The number of nitrogens with zero attached hydrogens (tertiary/aromatic N) is 2. The number of hydrogen-bond donors (Lipinski definition) is 2. The van der Waals surface area contributed by atoms with Gasteiger partial charge in [-0.3, -0.25) is 4.72 Å². The van der Waals surface area contributed by atoms with E-state index in [0.717, 1.165) is 42.4 Å². The maximum absolute atomic E-state index is 12.5. The zero-order chi connectivity index (χ0) is 18.4. The Morgan fingerprint density at radius 1 is 1.15 bits per heavy atom. The van der Waals surface area contributed by atoms with Crippen LogP contribution < -0.4 is 9.62 Å². The monoisotopic (exact) mass is 382 g/mol. The first-order valence-electron chi connectivity index (χ1n) is 9.45. The van der Waals surface area contributed by atoms with Gasteiger partial charge >= 0.3 is 0 Å². The van der Waals surface area contributed by atoms with Gasteiger partial charge in [0.15, 0.2) is 0 Å². The molecule has 2 aromatic heterocycles. The third kappa shape index (κ3) is 3.06.